The van der Waals surface area contributed by atoms with Crippen LogP contribution in [0.4, 0.5) is 5.69 Å². The molecule has 0 aliphatic carbocycles. The molecule has 1 aliphatic rings. The number of methoxy groups -OCH3 is 1. The first-order chi connectivity index (χ1) is 14.1. The van der Waals surface area contributed by atoms with Crippen LogP contribution in [0.2, 0.25) is 0 Å². The number of benzene rings is 2. The third kappa shape index (κ3) is 4.63. The second-order valence-electron chi connectivity index (χ2n) is 6.22. The van der Waals surface area contributed by atoms with Crippen LogP contribution < -0.4 is 4.74 Å². The molecule has 0 radical (unpaired) electrons. The molecule has 1 aliphatic heterocycles. The Kier molecular flexibility index (Phi) is 5.87. The Labute approximate surface area is 181 Å². The third-order valence-corrected chi connectivity index (χ3v) is 5.67. The Balaban J connectivity index is 1.66. The molecule has 1 aromatic heterocycles. The number of carbonyl (C=O) groups excluding carboxylic acids is 1. The maximum absolute atomic E-state index is 13.1. The van der Waals surface area contributed by atoms with E-state index in [0.29, 0.717) is 27.0 Å². The van der Waals surface area contributed by atoms with Gasteiger partial charge in [-0.05, 0) is 69.7 Å². The monoisotopic (exact) mass is 468 g/mol. The van der Waals surface area contributed by atoms with E-state index in [1.807, 2.05) is 60.7 Å². The zero-order valence-electron chi connectivity index (χ0n) is 15.5. The second-order valence-corrected chi connectivity index (χ2v) is 8.01. The van der Waals surface area contributed by atoms with Gasteiger partial charge in [0, 0.05) is 6.08 Å². The van der Waals surface area contributed by atoms with Gasteiger partial charge in [-0.3, -0.25) is 9.69 Å². The Morgan fingerprint density at radius 2 is 1.86 bits per heavy atom. The summed E-state index contributed by atoms with van der Waals surface area (Å²) in [5.41, 5.74) is 1.78. The van der Waals surface area contributed by atoms with Crippen LogP contribution in [0.3, 0.4) is 0 Å². The number of nitrogens with zero attached hydrogens (tertiary/aromatic N) is 2. The molecule has 0 bridgehead atoms. The number of para-hydroxylation sites is 1. The molecule has 0 spiro atoms. The van der Waals surface area contributed by atoms with Gasteiger partial charge in [0.2, 0.25) is 0 Å². The summed E-state index contributed by atoms with van der Waals surface area (Å²) in [6, 6.07) is 20.9. The molecule has 2 aromatic carbocycles. The predicted octanol–water partition coefficient (Wildman–Crippen LogP) is 5.85. The molecule has 1 saturated heterocycles. The Morgan fingerprint density at radius 1 is 1.10 bits per heavy atom. The lowest BCUT2D eigenvalue weighted by Crippen LogP contribution is -2.28. The Morgan fingerprint density at radius 3 is 2.52 bits per heavy atom. The van der Waals surface area contributed by atoms with Crippen LogP contribution >= 0.6 is 27.7 Å². The maximum Gasteiger partial charge on any atom is 0.267 e. The zero-order chi connectivity index (χ0) is 20.2. The predicted molar refractivity (Wildman–Crippen MR) is 119 cm³/mol. The summed E-state index contributed by atoms with van der Waals surface area (Å²) in [5.74, 6) is 1.28. The van der Waals surface area contributed by atoms with Crippen LogP contribution in [0.15, 0.2) is 85.7 Å². The first-order valence-corrected chi connectivity index (χ1v) is 10.5. The lowest BCUT2D eigenvalue weighted by Gasteiger charge is -2.16. The minimum atomic E-state index is -0.104. The SMILES string of the molecule is COc1ccc(CN2C(=O)C(=Cc3ccc(Br)o3)SC2=Nc2ccccc2)cc1. The highest BCUT2D eigenvalue weighted by Crippen LogP contribution is 2.35. The van der Waals surface area contributed by atoms with E-state index in [1.165, 1.54) is 11.8 Å². The van der Waals surface area contributed by atoms with Crippen LogP contribution in [-0.2, 0) is 11.3 Å². The van der Waals surface area contributed by atoms with E-state index >= 15 is 0 Å². The van der Waals surface area contributed by atoms with Gasteiger partial charge in [-0.1, -0.05) is 30.3 Å². The summed E-state index contributed by atoms with van der Waals surface area (Å²) < 4.78 is 11.4. The van der Waals surface area contributed by atoms with Gasteiger partial charge in [-0.2, -0.15) is 0 Å². The number of carbonyl (C=O) groups is 1. The van der Waals surface area contributed by atoms with E-state index < -0.39 is 0 Å². The maximum atomic E-state index is 13.1. The molecule has 7 heteroatoms. The zero-order valence-corrected chi connectivity index (χ0v) is 17.9. The number of halogens is 1. The smallest absolute Gasteiger partial charge is 0.267 e. The van der Waals surface area contributed by atoms with Crippen molar-refractivity contribution in [2.24, 2.45) is 4.99 Å². The number of hydrogen-bond acceptors (Lipinski definition) is 5. The van der Waals surface area contributed by atoms with Crippen LogP contribution in [0.1, 0.15) is 11.3 Å². The molecule has 4 rings (SSSR count). The van der Waals surface area contributed by atoms with Crippen molar-refractivity contribution in [1.29, 1.82) is 0 Å². The summed E-state index contributed by atoms with van der Waals surface area (Å²) >= 11 is 4.63. The van der Waals surface area contributed by atoms with Crippen LogP contribution in [0, 0.1) is 0 Å². The topological polar surface area (TPSA) is 55.0 Å². The van der Waals surface area contributed by atoms with Gasteiger partial charge in [0.1, 0.15) is 11.5 Å². The molecule has 1 fully saturated rings. The van der Waals surface area contributed by atoms with E-state index in [0.717, 1.165) is 17.0 Å². The third-order valence-electron chi connectivity index (χ3n) is 4.24. The van der Waals surface area contributed by atoms with Crippen molar-refractivity contribution < 1.29 is 13.9 Å². The summed E-state index contributed by atoms with van der Waals surface area (Å²) in [4.78, 5) is 20.1. The molecule has 5 nitrogen and oxygen atoms in total. The molecule has 0 unspecified atom stereocenters. The molecule has 0 atom stereocenters. The van der Waals surface area contributed by atoms with Gasteiger partial charge in [0.15, 0.2) is 9.84 Å². The van der Waals surface area contributed by atoms with Crippen LogP contribution in [-0.4, -0.2) is 23.1 Å². The van der Waals surface area contributed by atoms with E-state index in [-0.39, 0.29) is 5.91 Å². The van der Waals surface area contributed by atoms with Crippen molar-refractivity contribution in [1.82, 2.24) is 4.90 Å². The van der Waals surface area contributed by atoms with Crippen molar-refractivity contribution in [3.05, 3.63) is 87.6 Å². The number of amidine groups is 1. The molecule has 1 amide bonds. The number of hydrogen-bond donors (Lipinski definition) is 0. The average molecular weight is 469 g/mol. The number of thioether (sulfide) groups is 1. The highest BCUT2D eigenvalue weighted by Gasteiger charge is 2.33. The van der Waals surface area contributed by atoms with Crippen LogP contribution in [0.25, 0.3) is 6.08 Å². The van der Waals surface area contributed by atoms with Gasteiger partial charge in [-0.15, -0.1) is 0 Å². The fraction of sp³-hybridized carbons (Fsp3) is 0.0909. The fourth-order valence-electron chi connectivity index (χ4n) is 2.79. The largest absolute Gasteiger partial charge is 0.497 e. The molecule has 29 heavy (non-hydrogen) atoms. The van der Waals surface area contributed by atoms with Gasteiger partial charge < -0.3 is 9.15 Å². The highest BCUT2D eigenvalue weighted by atomic mass is 79.9. The van der Waals surface area contributed by atoms with Crippen molar-refractivity contribution in [3.8, 4) is 5.75 Å². The summed E-state index contributed by atoms with van der Waals surface area (Å²) in [5, 5.41) is 0.633. The first kappa shape index (κ1) is 19.5. The number of ether oxygens (including phenoxy) is 1. The number of rotatable bonds is 5. The molecule has 2 heterocycles. The summed E-state index contributed by atoms with van der Waals surface area (Å²) in [6.45, 7) is 0.417. The molecule has 0 N–H and O–H groups in total. The number of furan rings is 1. The molecule has 3 aromatic rings. The fourth-order valence-corrected chi connectivity index (χ4v) is 4.09. The Hall–Kier alpha value is -2.77. The molecular weight excluding hydrogens is 452 g/mol. The highest BCUT2D eigenvalue weighted by molar-refractivity contribution is 9.10. The lowest BCUT2D eigenvalue weighted by molar-refractivity contribution is -0.122. The average Bonchev–Trinajstić information content (AvgIpc) is 3.27. The minimum absolute atomic E-state index is 0.104. The molecule has 0 saturated carbocycles. The van der Waals surface area contributed by atoms with E-state index in [4.69, 9.17) is 14.1 Å². The Bertz CT molecular complexity index is 1070. The van der Waals surface area contributed by atoms with E-state index in [9.17, 15) is 4.79 Å². The van der Waals surface area contributed by atoms with Gasteiger partial charge in [-0.25, -0.2) is 4.99 Å². The number of amides is 1. The number of aliphatic imine (C=N–C) groups is 1. The normalized spacial score (nSPS) is 16.8. The van der Waals surface area contributed by atoms with Gasteiger partial charge >= 0.3 is 0 Å². The van der Waals surface area contributed by atoms with Crippen molar-refractivity contribution in [2.45, 2.75) is 6.54 Å². The second kappa shape index (κ2) is 8.71. The van der Waals surface area contributed by atoms with Crippen molar-refractivity contribution >= 4 is 50.5 Å². The van der Waals surface area contributed by atoms with Gasteiger partial charge in [0.25, 0.3) is 5.91 Å². The van der Waals surface area contributed by atoms with Crippen LogP contribution in [0.5, 0.6) is 5.75 Å². The standard InChI is InChI=1S/C22H17BrN2O3S/c1-27-17-9-7-15(8-10-17)14-25-21(26)19(13-18-11-12-20(23)28-18)29-22(25)24-16-5-3-2-4-6-16/h2-13H,14H2,1H3. The lowest BCUT2D eigenvalue weighted by atomic mass is 10.2. The van der Waals surface area contributed by atoms with E-state index in [1.54, 1.807) is 24.2 Å². The quantitative estimate of drug-likeness (QED) is 0.440. The van der Waals surface area contributed by atoms with E-state index in [2.05, 4.69) is 15.9 Å². The molecular formula is C22H17BrN2O3S. The summed E-state index contributed by atoms with van der Waals surface area (Å²) in [7, 11) is 1.63. The first-order valence-electron chi connectivity index (χ1n) is 8.86. The van der Waals surface area contributed by atoms with Crippen molar-refractivity contribution in [3.63, 3.8) is 0 Å². The summed E-state index contributed by atoms with van der Waals surface area (Å²) in [6.07, 6.45) is 1.74. The molecule has 146 valence electrons. The van der Waals surface area contributed by atoms with Crippen molar-refractivity contribution in [2.75, 3.05) is 7.11 Å². The van der Waals surface area contributed by atoms with Gasteiger partial charge in [0.05, 0.1) is 24.2 Å². The minimum Gasteiger partial charge on any atom is -0.497 e.